The highest BCUT2D eigenvalue weighted by molar-refractivity contribution is 7.18. The van der Waals surface area contributed by atoms with Crippen molar-refractivity contribution in [3.8, 4) is 5.88 Å². The minimum Gasteiger partial charge on any atom is -0.477 e. The maximum absolute atomic E-state index is 5.93. The summed E-state index contributed by atoms with van der Waals surface area (Å²) in [5.41, 5.74) is 0. The molecular weight excluding hydrogens is 268 g/mol. The largest absolute Gasteiger partial charge is 0.477 e. The maximum Gasteiger partial charge on any atom is 0.227 e. The summed E-state index contributed by atoms with van der Waals surface area (Å²) in [7, 11) is 0. The number of aromatic nitrogens is 2. The number of rotatable bonds is 5. The number of thiophene rings is 1. The Bertz CT molecular complexity index is 565. The fourth-order valence-corrected chi connectivity index (χ4v) is 3.10. The van der Waals surface area contributed by atoms with E-state index in [9.17, 15) is 0 Å². The average molecular weight is 283 g/mol. The van der Waals surface area contributed by atoms with Crippen molar-refractivity contribution < 1.29 is 4.74 Å². The molecule has 96 valence electrons. The third-order valence-corrected chi connectivity index (χ3v) is 4.53. The highest BCUT2D eigenvalue weighted by atomic mass is 35.5. The molecule has 0 amide bonds. The van der Waals surface area contributed by atoms with Gasteiger partial charge < -0.3 is 4.74 Å². The van der Waals surface area contributed by atoms with E-state index in [1.807, 2.05) is 0 Å². The molecule has 0 aliphatic heterocycles. The summed E-state index contributed by atoms with van der Waals surface area (Å²) in [4.78, 5) is 10.7. The zero-order valence-corrected chi connectivity index (χ0v) is 11.9. The lowest BCUT2D eigenvalue weighted by Gasteiger charge is -2.05. The Morgan fingerprint density at radius 3 is 3.00 bits per heavy atom. The van der Waals surface area contributed by atoms with Crippen LogP contribution >= 0.6 is 22.9 Å². The molecule has 2 heterocycles. The smallest absolute Gasteiger partial charge is 0.227 e. The van der Waals surface area contributed by atoms with Crippen molar-refractivity contribution in [1.29, 1.82) is 0 Å². The second-order valence-corrected chi connectivity index (χ2v) is 6.12. The number of hydrogen-bond acceptors (Lipinski definition) is 4. The summed E-state index contributed by atoms with van der Waals surface area (Å²) in [6.07, 6.45) is 4.82. The second kappa shape index (κ2) is 5.02. The highest BCUT2D eigenvalue weighted by Gasteiger charge is 2.21. The van der Waals surface area contributed by atoms with E-state index >= 15 is 0 Å². The van der Waals surface area contributed by atoms with Gasteiger partial charge in [-0.25, -0.2) is 4.98 Å². The number of aryl methyl sites for hydroxylation is 1. The van der Waals surface area contributed by atoms with Crippen LogP contribution in [0, 0.1) is 5.92 Å². The van der Waals surface area contributed by atoms with Gasteiger partial charge in [-0.05, 0) is 36.4 Å². The van der Waals surface area contributed by atoms with Gasteiger partial charge in [0.25, 0.3) is 0 Å². The lowest BCUT2D eigenvalue weighted by Crippen LogP contribution is -2.01. The monoisotopic (exact) mass is 282 g/mol. The average Bonchev–Trinajstić information content (AvgIpc) is 3.07. The first-order valence-electron chi connectivity index (χ1n) is 6.35. The van der Waals surface area contributed by atoms with Crippen LogP contribution in [-0.4, -0.2) is 16.6 Å². The van der Waals surface area contributed by atoms with E-state index in [-0.39, 0.29) is 5.28 Å². The van der Waals surface area contributed by atoms with Crippen LogP contribution < -0.4 is 4.74 Å². The van der Waals surface area contributed by atoms with Gasteiger partial charge in [-0.3, -0.25) is 0 Å². The van der Waals surface area contributed by atoms with Crippen LogP contribution in [0.1, 0.15) is 31.1 Å². The molecule has 1 saturated carbocycles. The molecule has 0 atom stereocenters. The molecule has 0 unspecified atom stereocenters. The van der Waals surface area contributed by atoms with Gasteiger partial charge in [0.15, 0.2) is 0 Å². The summed E-state index contributed by atoms with van der Waals surface area (Å²) in [6.45, 7) is 2.86. The van der Waals surface area contributed by atoms with Gasteiger partial charge in [0.1, 0.15) is 4.83 Å². The van der Waals surface area contributed by atoms with Crippen LogP contribution in [0.5, 0.6) is 5.88 Å². The van der Waals surface area contributed by atoms with Crippen LogP contribution in [0.15, 0.2) is 6.07 Å². The van der Waals surface area contributed by atoms with Crippen LogP contribution in [0.3, 0.4) is 0 Å². The van der Waals surface area contributed by atoms with Crippen molar-refractivity contribution in [2.75, 3.05) is 6.61 Å². The van der Waals surface area contributed by atoms with Crippen LogP contribution in [-0.2, 0) is 6.42 Å². The molecule has 0 aromatic carbocycles. The van der Waals surface area contributed by atoms with E-state index < -0.39 is 0 Å². The normalized spacial score (nSPS) is 15.2. The Kier molecular flexibility index (Phi) is 3.39. The number of nitrogens with zero attached hydrogens (tertiary/aromatic N) is 2. The van der Waals surface area contributed by atoms with Gasteiger partial charge in [-0.1, -0.05) is 19.8 Å². The number of halogens is 1. The highest BCUT2D eigenvalue weighted by Crippen LogP contribution is 2.34. The predicted octanol–water partition coefficient (Wildman–Crippen LogP) is 4.09. The van der Waals surface area contributed by atoms with Crippen LogP contribution in [0.25, 0.3) is 10.2 Å². The Hall–Kier alpha value is -0.870. The van der Waals surface area contributed by atoms with Crippen molar-refractivity contribution in [2.24, 2.45) is 5.92 Å². The van der Waals surface area contributed by atoms with Crippen molar-refractivity contribution in [2.45, 2.75) is 32.6 Å². The maximum atomic E-state index is 5.93. The first kappa shape index (κ1) is 12.2. The molecule has 0 bridgehead atoms. The van der Waals surface area contributed by atoms with Gasteiger partial charge in [0.05, 0.1) is 12.0 Å². The molecule has 3 nitrogen and oxygen atoms in total. The summed E-state index contributed by atoms with van der Waals surface area (Å²) in [5, 5.41) is 1.27. The van der Waals surface area contributed by atoms with E-state index in [2.05, 4.69) is 23.0 Å². The topological polar surface area (TPSA) is 35.0 Å². The van der Waals surface area contributed by atoms with E-state index in [1.165, 1.54) is 17.7 Å². The molecule has 5 heteroatoms. The van der Waals surface area contributed by atoms with E-state index in [0.29, 0.717) is 5.88 Å². The third kappa shape index (κ3) is 2.59. The second-order valence-electron chi connectivity index (χ2n) is 4.66. The summed E-state index contributed by atoms with van der Waals surface area (Å²) in [6, 6.07) is 2.11. The molecular formula is C13H15ClN2OS. The van der Waals surface area contributed by atoms with E-state index in [4.69, 9.17) is 16.3 Å². The summed E-state index contributed by atoms with van der Waals surface area (Å²) >= 11 is 7.60. The van der Waals surface area contributed by atoms with Gasteiger partial charge in [0, 0.05) is 4.88 Å². The fourth-order valence-electron chi connectivity index (χ4n) is 1.93. The molecule has 2 aromatic rings. The summed E-state index contributed by atoms with van der Waals surface area (Å²) < 4.78 is 5.78. The minimum atomic E-state index is 0.272. The SMILES string of the molecule is CCc1cc2c(OCCC3CC3)nc(Cl)nc2s1. The number of ether oxygens (including phenoxy) is 1. The van der Waals surface area contributed by atoms with Gasteiger partial charge >= 0.3 is 0 Å². The Labute approximate surface area is 115 Å². The van der Waals surface area contributed by atoms with E-state index in [1.54, 1.807) is 11.3 Å². The quantitative estimate of drug-likeness (QED) is 0.775. The Morgan fingerprint density at radius 2 is 2.28 bits per heavy atom. The lowest BCUT2D eigenvalue weighted by molar-refractivity contribution is 0.295. The van der Waals surface area contributed by atoms with Gasteiger partial charge in [0.2, 0.25) is 11.2 Å². The van der Waals surface area contributed by atoms with Crippen molar-refractivity contribution in [1.82, 2.24) is 9.97 Å². The first-order chi connectivity index (χ1) is 8.76. The standard InChI is InChI=1S/C13H15ClN2OS/c1-2-9-7-10-11(17-6-5-8-3-4-8)15-13(14)16-12(10)18-9/h7-8H,2-6H2,1H3. The van der Waals surface area contributed by atoms with Crippen LogP contribution in [0.2, 0.25) is 5.28 Å². The molecule has 0 radical (unpaired) electrons. The van der Waals surface area contributed by atoms with Crippen LogP contribution in [0.4, 0.5) is 0 Å². The third-order valence-electron chi connectivity index (χ3n) is 3.19. The molecule has 1 aliphatic carbocycles. The first-order valence-corrected chi connectivity index (χ1v) is 7.54. The molecule has 18 heavy (non-hydrogen) atoms. The predicted molar refractivity (Wildman–Crippen MR) is 74.6 cm³/mol. The Morgan fingerprint density at radius 1 is 1.44 bits per heavy atom. The van der Waals surface area contributed by atoms with Gasteiger partial charge in [-0.2, -0.15) is 4.98 Å². The zero-order chi connectivity index (χ0) is 12.5. The number of fused-ring (bicyclic) bond motifs is 1. The van der Waals surface area contributed by atoms with E-state index in [0.717, 1.165) is 35.6 Å². The van der Waals surface area contributed by atoms with Crippen molar-refractivity contribution in [3.05, 3.63) is 16.2 Å². The molecule has 0 spiro atoms. The molecule has 1 fully saturated rings. The molecule has 0 N–H and O–H groups in total. The van der Waals surface area contributed by atoms with Gasteiger partial charge in [-0.15, -0.1) is 11.3 Å². The fraction of sp³-hybridized carbons (Fsp3) is 0.538. The molecule has 2 aromatic heterocycles. The summed E-state index contributed by atoms with van der Waals surface area (Å²) in [5.74, 6) is 1.51. The molecule has 0 saturated heterocycles. The lowest BCUT2D eigenvalue weighted by atomic mass is 10.3. The van der Waals surface area contributed by atoms with Crippen molar-refractivity contribution in [3.63, 3.8) is 0 Å². The zero-order valence-electron chi connectivity index (χ0n) is 10.3. The minimum absolute atomic E-state index is 0.272. The van der Waals surface area contributed by atoms with Crippen molar-refractivity contribution >= 4 is 33.2 Å². The molecule has 1 aliphatic rings. The number of hydrogen-bond donors (Lipinski definition) is 0. The molecule has 3 rings (SSSR count). The Balaban J connectivity index is 1.85.